The molecule has 0 saturated carbocycles. The zero-order valence-electron chi connectivity index (χ0n) is 12.6. The van der Waals surface area contributed by atoms with Gasteiger partial charge in [0, 0.05) is 25.5 Å². The summed E-state index contributed by atoms with van der Waals surface area (Å²) in [5.74, 6) is -0.331. The number of carbonyl (C=O) groups is 1. The van der Waals surface area contributed by atoms with E-state index >= 15 is 0 Å². The average Bonchev–Trinajstić information content (AvgIpc) is 2.44. The molecule has 112 valence electrons. The molecule has 0 spiro atoms. The molecular formula is C15H25N3O2. The van der Waals surface area contributed by atoms with E-state index in [1.165, 1.54) is 5.56 Å². The topological polar surface area (TPSA) is 68.5 Å². The minimum atomic E-state index is -0.916. The summed E-state index contributed by atoms with van der Waals surface area (Å²) in [6, 6.07) is 4.03. The van der Waals surface area contributed by atoms with Crippen molar-refractivity contribution in [3.63, 3.8) is 0 Å². The van der Waals surface area contributed by atoms with Gasteiger partial charge >= 0.3 is 5.97 Å². The quantitative estimate of drug-likeness (QED) is 0.725. The highest BCUT2D eigenvalue weighted by atomic mass is 16.5. The summed E-state index contributed by atoms with van der Waals surface area (Å²) in [7, 11) is 2.03. The summed E-state index contributed by atoms with van der Waals surface area (Å²) in [5, 5.41) is 0. The van der Waals surface area contributed by atoms with Crippen molar-refractivity contribution in [1.82, 2.24) is 9.88 Å². The molecule has 0 fully saturated rings. The Morgan fingerprint density at radius 3 is 2.65 bits per heavy atom. The van der Waals surface area contributed by atoms with Crippen LogP contribution in [-0.2, 0) is 16.0 Å². The monoisotopic (exact) mass is 279 g/mol. The average molecular weight is 279 g/mol. The van der Waals surface area contributed by atoms with E-state index in [9.17, 15) is 4.79 Å². The predicted octanol–water partition coefficient (Wildman–Crippen LogP) is 1.23. The molecule has 1 atom stereocenters. The van der Waals surface area contributed by atoms with Crippen LogP contribution in [0.1, 0.15) is 25.8 Å². The Morgan fingerprint density at radius 2 is 2.05 bits per heavy atom. The number of aromatic nitrogens is 1. The molecular weight excluding hydrogens is 254 g/mol. The highest BCUT2D eigenvalue weighted by Gasteiger charge is 2.29. The van der Waals surface area contributed by atoms with Gasteiger partial charge in [0.1, 0.15) is 5.54 Å². The molecule has 1 aromatic heterocycles. The molecule has 0 aliphatic rings. The fourth-order valence-corrected chi connectivity index (χ4v) is 1.80. The fraction of sp³-hybridized carbons (Fsp3) is 0.600. The maximum Gasteiger partial charge on any atom is 0.325 e. The number of ether oxygens (including phenoxy) is 1. The second kappa shape index (κ2) is 7.97. The third-order valence-corrected chi connectivity index (χ3v) is 3.29. The summed E-state index contributed by atoms with van der Waals surface area (Å²) in [5.41, 5.74) is 6.33. The third-order valence-electron chi connectivity index (χ3n) is 3.29. The molecule has 0 aromatic carbocycles. The van der Waals surface area contributed by atoms with Crippen LogP contribution in [0.4, 0.5) is 0 Å². The summed E-state index contributed by atoms with van der Waals surface area (Å²) in [6.07, 6.45) is 5.14. The molecule has 20 heavy (non-hydrogen) atoms. The van der Waals surface area contributed by atoms with E-state index < -0.39 is 5.54 Å². The lowest BCUT2D eigenvalue weighted by molar-refractivity contribution is -0.149. The molecule has 0 aliphatic carbocycles. The molecule has 0 saturated heterocycles. The maximum atomic E-state index is 11.7. The summed E-state index contributed by atoms with van der Waals surface area (Å²) in [6.45, 7) is 5.56. The lowest BCUT2D eigenvalue weighted by atomic mass is 9.99. The molecule has 1 aromatic rings. The van der Waals surface area contributed by atoms with Gasteiger partial charge in [-0.15, -0.1) is 0 Å². The molecule has 2 N–H and O–H groups in total. The van der Waals surface area contributed by atoms with Crippen molar-refractivity contribution in [3.8, 4) is 0 Å². The van der Waals surface area contributed by atoms with Gasteiger partial charge in [0.05, 0.1) is 6.61 Å². The minimum absolute atomic E-state index is 0.331. The van der Waals surface area contributed by atoms with Crippen LogP contribution in [0, 0.1) is 0 Å². The van der Waals surface area contributed by atoms with Gasteiger partial charge in [-0.3, -0.25) is 9.78 Å². The van der Waals surface area contributed by atoms with Crippen LogP contribution in [0.5, 0.6) is 0 Å². The van der Waals surface area contributed by atoms with Gasteiger partial charge in [-0.25, -0.2) is 0 Å². The van der Waals surface area contributed by atoms with Crippen molar-refractivity contribution in [3.05, 3.63) is 30.1 Å². The third kappa shape index (κ3) is 5.67. The first kappa shape index (κ1) is 16.6. The molecule has 0 radical (unpaired) electrons. The van der Waals surface area contributed by atoms with Gasteiger partial charge < -0.3 is 15.4 Å². The number of nitrogens with two attached hydrogens (primary N) is 1. The summed E-state index contributed by atoms with van der Waals surface area (Å²) in [4.78, 5) is 17.9. The van der Waals surface area contributed by atoms with Gasteiger partial charge in [0.25, 0.3) is 0 Å². The highest BCUT2D eigenvalue weighted by molar-refractivity contribution is 5.79. The Hall–Kier alpha value is -1.46. The van der Waals surface area contributed by atoms with Gasteiger partial charge in [-0.2, -0.15) is 0 Å². The van der Waals surface area contributed by atoms with E-state index in [1.54, 1.807) is 26.2 Å². The van der Waals surface area contributed by atoms with Crippen molar-refractivity contribution >= 4 is 5.97 Å². The Balaban J connectivity index is 2.32. The zero-order chi connectivity index (χ0) is 15.0. The summed E-state index contributed by atoms with van der Waals surface area (Å²) >= 11 is 0. The van der Waals surface area contributed by atoms with Crippen molar-refractivity contribution < 1.29 is 9.53 Å². The second-order valence-corrected chi connectivity index (χ2v) is 5.30. The molecule has 0 bridgehead atoms. The number of likely N-dealkylation sites (N-methyl/N-ethyl adjacent to an activating group) is 1. The molecule has 1 heterocycles. The normalized spacial score (nSPS) is 14.1. The Morgan fingerprint density at radius 1 is 1.40 bits per heavy atom. The number of rotatable bonds is 8. The van der Waals surface area contributed by atoms with E-state index in [1.807, 2.05) is 19.2 Å². The van der Waals surface area contributed by atoms with Crippen molar-refractivity contribution in [2.24, 2.45) is 5.73 Å². The molecule has 0 amide bonds. The zero-order valence-corrected chi connectivity index (χ0v) is 12.6. The first-order valence-electron chi connectivity index (χ1n) is 6.99. The van der Waals surface area contributed by atoms with Gasteiger partial charge in [-0.1, -0.05) is 0 Å². The van der Waals surface area contributed by atoms with Crippen LogP contribution in [0.25, 0.3) is 0 Å². The molecule has 1 rings (SSSR count). The second-order valence-electron chi connectivity index (χ2n) is 5.30. The number of esters is 1. The molecule has 5 nitrogen and oxygen atoms in total. The van der Waals surface area contributed by atoms with Crippen molar-refractivity contribution in [1.29, 1.82) is 0 Å². The first-order valence-corrected chi connectivity index (χ1v) is 6.99. The lowest BCUT2D eigenvalue weighted by Gasteiger charge is -2.25. The van der Waals surface area contributed by atoms with Gasteiger partial charge in [0.2, 0.25) is 0 Å². The van der Waals surface area contributed by atoms with Crippen LogP contribution in [0.15, 0.2) is 24.5 Å². The van der Waals surface area contributed by atoms with Crippen molar-refractivity contribution in [2.45, 2.75) is 32.2 Å². The smallest absolute Gasteiger partial charge is 0.325 e. The SMILES string of the molecule is CCOC(=O)C(C)(N)CCN(C)CCc1ccncc1. The van der Waals surface area contributed by atoms with Crippen LogP contribution in [0.2, 0.25) is 0 Å². The first-order chi connectivity index (χ1) is 9.45. The van der Waals surface area contributed by atoms with Crippen LogP contribution < -0.4 is 5.73 Å². The van der Waals surface area contributed by atoms with Gasteiger partial charge in [-0.05, 0) is 51.4 Å². The number of hydrogen-bond acceptors (Lipinski definition) is 5. The van der Waals surface area contributed by atoms with Crippen LogP contribution in [-0.4, -0.2) is 48.1 Å². The summed E-state index contributed by atoms with van der Waals surface area (Å²) < 4.78 is 4.98. The number of pyridine rings is 1. The Bertz CT molecular complexity index is 407. The van der Waals surface area contributed by atoms with Crippen LogP contribution in [0.3, 0.4) is 0 Å². The highest BCUT2D eigenvalue weighted by Crippen LogP contribution is 2.09. The Kier molecular flexibility index (Phi) is 6.61. The maximum absolute atomic E-state index is 11.7. The number of nitrogens with zero attached hydrogens (tertiary/aromatic N) is 2. The van der Waals surface area contributed by atoms with Crippen molar-refractivity contribution in [2.75, 3.05) is 26.7 Å². The lowest BCUT2D eigenvalue weighted by Crippen LogP contribution is -2.48. The largest absolute Gasteiger partial charge is 0.465 e. The predicted molar refractivity (Wildman–Crippen MR) is 79.3 cm³/mol. The van der Waals surface area contributed by atoms with E-state index in [2.05, 4.69) is 9.88 Å². The van der Waals surface area contributed by atoms with E-state index in [0.717, 1.165) is 19.5 Å². The molecule has 5 heteroatoms. The molecule has 0 aliphatic heterocycles. The minimum Gasteiger partial charge on any atom is -0.465 e. The number of carbonyl (C=O) groups excluding carboxylic acids is 1. The van der Waals surface area contributed by atoms with E-state index in [4.69, 9.17) is 10.5 Å². The fourth-order valence-electron chi connectivity index (χ4n) is 1.80. The van der Waals surface area contributed by atoms with Crippen LogP contribution >= 0.6 is 0 Å². The van der Waals surface area contributed by atoms with E-state index in [0.29, 0.717) is 13.0 Å². The molecule has 1 unspecified atom stereocenters. The standard InChI is InChI=1S/C15H25N3O2/c1-4-20-14(19)15(2,16)8-12-18(3)11-7-13-5-9-17-10-6-13/h5-6,9-10H,4,7-8,11-12,16H2,1-3H3. The Labute approximate surface area is 121 Å². The van der Waals surface area contributed by atoms with Gasteiger partial charge in [0.15, 0.2) is 0 Å². The van der Waals surface area contributed by atoms with E-state index in [-0.39, 0.29) is 5.97 Å². The number of hydrogen-bond donors (Lipinski definition) is 1.